The Kier molecular flexibility index (Phi) is 26.1. The lowest BCUT2D eigenvalue weighted by atomic mass is 10.1. The Balaban J connectivity index is 0. The van der Waals surface area contributed by atoms with Gasteiger partial charge in [0.05, 0.1) is 5.69 Å². The summed E-state index contributed by atoms with van der Waals surface area (Å²) in [5.41, 5.74) is 6.39. The van der Waals surface area contributed by atoms with E-state index in [2.05, 4.69) is 40.1 Å². The van der Waals surface area contributed by atoms with Gasteiger partial charge in [-0.1, -0.05) is 61.3 Å². The van der Waals surface area contributed by atoms with Gasteiger partial charge < -0.3 is 24.5 Å². The van der Waals surface area contributed by atoms with Crippen molar-refractivity contribution in [2.45, 2.75) is 128 Å². The molecule has 1 fully saturated rings. The predicted octanol–water partition coefficient (Wildman–Crippen LogP) is 8.30. The number of piperazine rings is 1. The molecule has 2 N–H and O–H groups in total. The van der Waals surface area contributed by atoms with Gasteiger partial charge >= 0.3 is 0 Å². The first kappa shape index (κ1) is 43.3. The molecule has 8 heteroatoms. The van der Waals surface area contributed by atoms with Crippen LogP contribution in [-0.2, 0) is 17.6 Å². The van der Waals surface area contributed by atoms with Crippen molar-refractivity contribution >= 4 is 17.1 Å². The van der Waals surface area contributed by atoms with E-state index < -0.39 is 0 Å². The molecule has 1 aliphatic rings. The normalized spacial score (nSPS) is 11.8. The summed E-state index contributed by atoms with van der Waals surface area (Å²) in [5, 5.41) is 11.4. The Labute approximate surface area is 268 Å². The Hall–Kier alpha value is -2.84. The third-order valence-electron chi connectivity index (χ3n) is 6.06. The van der Waals surface area contributed by atoms with Crippen molar-refractivity contribution in [3.05, 3.63) is 59.1 Å². The van der Waals surface area contributed by atoms with Crippen LogP contribution in [0.1, 0.15) is 117 Å². The van der Waals surface area contributed by atoms with Gasteiger partial charge in [0.1, 0.15) is 17.2 Å². The number of aliphatic hydroxyl groups excluding tert-OH is 1. The molecule has 0 amide bonds. The Morgan fingerprint density at radius 1 is 1.00 bits per heavy atom. The molecule has 4 heterocycles. The van der Waals surface area contributed by atoms with Crippen molar-refractivity contribution in [2.75, 3.05) is 31.1 Å². The van der Waals surface area contributed by atoms with Crippen molar-refractivity contribution in [1.29, 1.82) is 0 Å². The summed E-state index contributed by atoms with van der Waals surface area (Å²) in [6.07, 6.45) is 11.3. The van der Waals surface area contributed by atoms with E-state index >= 15 is 0 Å². The molecule has 0 bridgehead atoms. The maximum Gasteiger partial charge on any atom is 0.139 e. The quantitative estimate of drug-likeness (QED) is 0.278. The smallest absolute Gasteiger partial charge is 0.139 e. The molecular formula is C36H64FN5O2. The molecule has 0 spiro atoms. The number of nitrogens with zero attached hydrogens (tertiary/aromatic N) is 4. The van der Waals surface area contributed by atoms with Crippen LogP contribution in [0.4, 0.5) is 10.1 Å². The Morgan fingerprint density at radius 2 is 1.57 bits per heavy atom. The number of pyridine rings is 2. The lowest BCUT2D eigenvalue weighted by molar-refractivity contribution is -0.117. The van der Waals surface area contributed by atoms with Gasteiger partial charge in [-0.3, -0.25) is 4.98 Å². The lowest BCUT2D eigenvalue weighted by Crippen LogP contribution is -2.44. The van der Waals surface area contributed by atoms with Gasteiger partial charge in [0.2, 0.25) is 0 Å². The monoisotopic (exact) mass is 618 g/mol. The summed E-state index contributed by atoms with van der Waals surface area (Å²) >= 11 is 0. The summed E-state index contributed by atoms with van der Waals surface area (Å²) < 4.78 is 15.3. The van der Waals surface area contributed by atoms with E-state index in [-0.39, 0.29) is 17.7 Å². The highest BCUT2D eigenvalue weighted by Crippen LogP contribution is 2.24. The average Bonchev–Trinajstić information content (AvgIpc) is 3.36. The first-order valence-electron chi connectivity index (χ1n) is 16.7. The van der Waals surface area contributed by atoms with E-state index in [0.717, 1.165) is 69.5 Å². The van der Waals surface area contributed by atoms with Gasteiger partial charge in [0, 0.05) is 80.3 Å². The standard InChI is InChI=1S/C13H21N3.C11H13FN2.C5H10O.C3H8O.2C2H6/c1-3-4-12-11(2)15-6-5-13(12)16-9-7-14-8-10-16;1-3-4-9-7-14-6-8(2)13-11(14)5-10(9)12;1-3-4-5(2)6;1-3(2)4;2*1-2/h5-6,14H,3-4,7-10H2,1-2H3;5-7H,3-4H2,1-2H3;3-4H2,1-2H3;3-4H,1-2H3;2*1-2H3. The molecule has 7 nitrogen and oxygen atoms in total. The number of halogens is 1. The molecule has 3 aromatic heterocycles. The number of Topliss-reactive ketones (excluding diaryl/α,β-unsaturated/α-hetero) is 1. The minimum Gasteiger partial charge on any atom is -0.394 e. The zero-order chi connectivity index (χ0) is 34.1. The van der Waals surface area contributed by atoms with Crippen molar-refractivity contribution < 1.29 is 14.3 Å². The van der Waals surface area contributed by atoms with Crippen LogP contribution in [0.25, 0.3) is 5.65 Å². The van der Waals surface area contributed by atoms with Gasteiger partial charge in [-0.2, -0.15) is 0 Å². The second kappa shape index (κ2) is 26.6. The van der Waals surface area contributed by atoms with Crippen LogP contribution >= 0.6 is 0 Å². The summed E-state index contributed by atoms with van der Waals surface area (Å²) in [7, 11) is 0. The number of fused-ring (bicyclic) bond motifs is 1. The summed E-state index contributed by atoms with van der Waals surface area (Å²) in [6, 6.07) is 3.67. The van der Waals surface area contributed by atoms with Gasteiger partial charge in [0.15, 0.2) is 0 Å². The molecule has 0 aromatic carbocycles. The number of hydrogen-bond acceptors (Lipinski definition) is 6. The first-order chi connectivity index (χ1) is 21.0. The van der Waals surface area contributed by atoms with Gasteiger partial charge in [-0.25, -0.2) is 9.37 Å². The zero-order valence-electron chi connectivity index (χ0n) is 30.1. The number of carbonyl (C=O) groups excluding carboxylic acids is 1. The number of ketones is 1. The highest BCUT2D eigenvalue weighted by Gasteiger charge is 2.15. The molecule has 3 aromatic rings. The molecule has 1 aliphatic heterocycles. The SMILES string of the molecule is CC.CC.CC(C)O.CCCC(C)=O.CCCc1c(N2CCNCC2)ccnc1C.CCCc1cn2cc(C)nc2cc1F. The largest absolute Gasteiger partial charge is 0.394 e. The molecule has 0 unspecified atom stereocenters. The van der Waals surface area contributed by atoms with E-state index in [4.69, 9.17) is 5.11 Å². The van der Waals surface area contributed by atoms with Crippen LogP contribution in [0.3, 0.4) is 0 Å². The first-order valence-corrected chi connectivity index (χ1v) is 16.7. The van der Waals surface area contributed by atoms with Crippen molar-refractivity contribution in [1.82, 2.24) is 19.7 Å². The van der Waals surface area contributed by atoms with Crippen LogP contribution in [0.2, 0.25) is 0 Å². The molecule has 0 aliphatic carbocycles. The van der Waals surface area contributed by atoms with Gasteiger partial charge in [-0.05, 0) is 65.5 Å². The highest BCUT2D eigenvalue weighted by molar-refractivity contribution is 5.75. The van der Waals surface area contributed by atoms with E-state index in [0.29, 0.717) is 5.65 Å². The summed E-state index contributed by atoms with van der Waals surface area (Å²) in [5.74, 6) is 0.141. The number of aryl methyl sites for hydroxylation is 3. The number of nitrogens with one attached hydrogen (secondary N) is 1. The molecule has 0 atom stereocenters. The lowest BCUT2D eigenvalue weighted by Gasteiger charge is -2.31. The topological polar surface area (TPSA) is 82.8 Å². The number of aliphatic hydroxyl groups is 1. The number of aromatic nitrogens is 3. The fourth-order valence-corrected chi connectivity index (χ4v) is 4.33. The fraction of sp³-hybridized carbons (Fsp3) is 0.639. The summed E-state index contributed by atoms with van der Waals surface area (Å²) in [6.45, 7) is 27.8. The fourth-order valence-electron chi connectivity index (χ4n) is 4.33. The Bertz CT molecular complexity index is 1140. The van der Waals surface area contributed by atoms with Crippen LogP contribution < -0.4 is 10.2 Å². The minimum absolute atomic E-state index is 0.148. The molecule has 44 heavy (non-hydrogen) atoms. The van der Waals surface area contributed by atoms with Crippen LogP contribution in [0.5, 0.6) is 0 Å². The number of carbonyl (C=O) groups is 1. The van der Waals surface area contributed by atoms with Crippen molar-refractivity contribution in [2.24, 2.45) is 0 Å². The second-order valence-corrected chi connectivity index (χ2v) is 10.5. The number of imidazole rings is 1. The van der Waals surface area contributed by atoms with Crippen LogP contribution in [0, 0.1) is 19.7 Å². The third kappa shape index (κ3) is 18.1. The van der Waals surface area contributed by atoms with Crippen molar-refractivity contribution in [3.8, 4) is 0 Å². The maximum absolute atomic E-state index is 13.5. The molecular weight excluding hydrogens is 553 g/mol. The number of rotatable bonds is 7. The van der Waals surface area contributed by atoms with E-state index in [9.17, 15) is 9.18 Å². The minimum atomic E-state index is -0.167. The molecule has 0 saturated carbocycles. The van der Waals surface area contributed by atoms with Crippen LogP contribution in [0.15, 0.2) is 30.7 Å². The second-order valence-electron chi connectivity index (χ2n) is 10.5. The van der Waals surface area contributed by atoms with Crippen molar-refractivity contribution in [3.63, 3.8) is 0 Å². The molecule has 1 saturated heterocycles. The van der Waals surface area contributed by atoms with Gasteiger partial charge in [0.25, 0.3) is 0 Å². The third-order valence-corrected chi connectivity index (χ3v) is 6.06. The van der Waals surface area contributed by atoms with E-state index in [1.807, 2.05) is 71.5 Å². The average molecular weight is 618 g/mol. The zero-order valence-corrected chi connectivity index (χ0v) is 30.1. The van der Waals surface area contributed by atoms with E-state index in [1.165, 1.54) is 29.4 Å². The molecule has 0 radical (unpaired) electrons. The van der Waals surface area contributed by atoms with E-state index in [1.54, 1.807) is 20.8 Å². The maximum atomic E-state index is 13.5. The highest BCUT2D eigenvalue weighted by atomic mass is 19.1. The molecule has 252 valence electrons. The number of anilines is 1. The number of hydrogen-bond donors (Lipinski definition) is 2. The predicted molar refractivity (Wildman–Crippen MR) is 188 cm³/mol. The Morgan fingerprint density at radius 3 is 2.05 bits per heavy atom. The van der Waals surface area contributed by atoms with Gasteiger partial charge in [-0.15, -0.1) is 0 Å². The van der Waals surface area contributed by atoms with Crippen LogP contribution in [-0.4, -0.2) is 57.5 Å². The molecule has 4 rings (SSSR count). The summed E-state index contributed by atoms with van der Waals surface area (Å²) in [4.78, 5) is 21.1.